The highest BCUT2D eigenvalue weighted by Crippen LogP contribution is 2.30. The van der Waals surface area contributed by atoms with Gasteiger partial charge in [-0.3, -0.25) is 0 Å². The molecule has 0 bridgehead atoms. The number of hydrogen-bond donors (Lipinski definition) is 1. The number of nitrogens with one attached hydrogen (secondary N) is 1. The molecule has 5 heteroatoms. The van der Waals surface area contributed by atoms with E-state index < -0.39 is 0 Å². The first-order chi connectivity index (χ1) is 10.3. The Balaban J connectivity index is 2.10. The monoisotopic (exact) mass is 276 g/mol. The third kappa shape index (κ3) is 2.35. The molecule has 1 heterocycles. The minimum atomic E-state index is 0.571. The van der Waals surface area contributed by atoms with Crippen molar-refractivity contribution in [3.8, 4) is 34.3 Å². The van der Waals surface area contributed by atoms with E-state index in [0.29, 0.717) is 17.0 Å². The zero-order chi connectivity index (χ0) is 14.7. The van der Waals surface area contributed by atoms with Crippen LogP contribution in [0.4, 0.5) is 0 Å². The molecule has 2 aromatic carbocycles. The lowest BCUT2D eigenvalue weighted by Crippen LogP contribution is -1.88. The number of rotatable bonds is 3. The van der Waals surface area contributed by atoms with Crippen LogP contribution in [0.1, 0.15) is 5.56 Å². The summed E-state index contributed by atoms with van der Waals surface area (Å²) in [6, 6.07) is 17.1. The Hall–Kier alpha value is -3.13. The molecule has 0 amide bonds. The normalized spacial score (nSPS) is 10.1. The van der Waals surface area contributed by atoms with Crippen LogP contribution in [-0.2, 0) is 0 Å². The molecule has 0 atom stereocenters. The molecule has 5 nitrogen and oxygen atoms in total. The first-order valence-corrected chi connectivity index (χ1v) is 6.38. The molecule has 0 aliphatic carbocycles. The SMILES string of the molecule is COc1ccc(-c2n[nH]nc2-c2ccccc2C#N)cc1. The summed E-state index contributed by atoms with van der Waals surface area (Å²) in [6.45, 7) is 0. The van der Waals surface area contributed by atoms with Crippen LogP contribution in [0.15, 0.2) is 48.5 Å². The van der Waals surface area contributed by atoms with E-state index >= 15 is 0 Å². The van der Waals surface area contributed by atoms with Gasteiger partial charge in [-0.05, 0) is 30.3 Å². The van der Waals surface area contributed by atoms with Gasteiger partial charge in [0.1, 0.15) is 17.1 Å². The highest BCUT2D eigenvalue weighted by atomic mass is 16.5. The van der Waals surface area contributed by atoms with Crippen molar-refractivity contribution >= 4 is 0 Å². The van der Waals surface area contributed by atoms with Crippen LogP contribution >= 0.6 is 0 Å². The molecule has 0 spiro atoms. The average molecular weight is 276 g/mol. The van der Waals surface area contributed by atoms with Crippen LogP contribution in [0.25, 0.3) is 22.5 Å². The molecule has 21 heavy (non-hydrogen) atoms. The van der Waals surface area contributed by atoms with Gasteiger partial charge in [0.05, 0.1) is 18.7 Å². The molecule has 0 unspecified atom stereocenters. The number of ether oxygens (including phenoxy) is 1. The second-order valence-electron chi connectivity index (χ2n) is 4.41. The van der Waals surface area contributed by atoms with Crippen LogP contribution in [-0.4, -0.2) is 22.5 Å². The van der Waals surface area contributed by atoms with Crippen molar-refractivity contribution < 1.29 is 4.74 Å². The van der Waals surface area contributed by atoms with E-state index in [1.54, 1.807) is 13.2 Å². The van der Waals surface area contributed by atoms with Gasteiger partial charge in [0, 0.05) is 11.1 Å². The number of benzene rings is 2. The topological polar surface area (TPSA) is 74.6 Å². The van der Waals surface area contributed by atoms with Crippen molar-refractivity contribution in [1.29, 1.82) is 5.26 Å². The highest BCUT2D eigenvalue weighted by molar-refractivity contribution is 5.80. The van der Waals surface area contributed by atoms with E-state index in [4.69, 9.17) is 4.74 Å². The summed E-state index contributed by atoms with van der Waals surface area (Å²) >= 11 is 0. The summed E-state index contributed by atoms with van der Waals surface area (Å²) in [4.78, 5) is 0. The molecule has 0 aliphatic rings. The third-order valence-electron chi connectivity index (χ3n) is 3.21. The van der Waals surface area contributed by atoms with E-state index in [2.05, 4.69) is 21.5 Å². The lowest BCUT2D eigenvalue weighted by atomic mass is 10.0. The maximum absolute atomic E-state index is 9.22. The number of nitriles is 1. The Kier molecular flexibility index (Phi) is 3.36. The summed E-state index contributed by atoms with van der Waals surface area (Å²) in [7, 11) is 1.62. The van der Waals surface area contributed by atoms with E-state index in [9.17, 15) is 5.26 Å². The summed E-state index contributed by atoms with van der Waals surface area (Å²) < 4.78 is 5.15. The molecule has 0 saturated carbocycles. The lowest BCUT2D eigenvalue weighted by molar-refractivity contribution is 0.415. The molecule has 1 N–H and O–H groups in total. The second-order valence-corrected chi connectivity index (χ2v) is 4.41. The highest BCUT2D eigenvalue weighted by Gasteiger charge is 2.15. The van der Waals surface area contributed by atoms with Gasteiger partial charge in [-0.1, -0.05) is 18.2 Å². The van der Waals surface area contributed by atoms with Crippen molar-refractivity contribution in [3.05, 3.63) is 54.1 Å². The van der Waals surface area contributed by atoms with Crippen LogP contribution in [0.3, 0.4) is 0 Å². The van der Waals surface area contributed by atoms with Crippen LogP contribution < -0.4 is 4.74 Å². The van der Waals surface area contributed by atoms with Crippen molar-refractivity contribution in [2.45, 2.75) is 0 Å². The number of nitrogens with zero attached hydrogens (tertiary/aromatic N) is 3. The molecule has 1 aromatic heterocycles. The summed E-state index contributed by atoms with van der Waals surface area (Å²) in [6.07, 6.45) is 0. The van der Waals surface area contributed by atoms with Crippen molar-refractivity contribution in [3.63, 3.8) is 0 Å². The Morgan fingerprint density at radius 3 is 2.43 bits per heavy atom. The summed E-state index contributed by atoms with van der Waals surface area (Å²) in [5.74, 6) is 0.779. The fourth-order valence-electron chi connectivity index (χ4n) is 2.16. The van der Waals surface area contributed by atoms with Gasteiger partial charge in [-0.25, -0.2) is 0 Å². The molecule has 0 saturated heterocycles. The fourth-order valence-corrected chi connectivity index (χ4v) is 2.16. The van der Waals surface area contributed by atoms with Crippen LogP contribution in [0.2, 0.25) is 0 Å². The Morgan fingerprint density at radius 1 is 1.00 bits per heavy atom. The third-order valence-corrected chi connectivity index (χ3v) is 3.21. The van der Waals surface area contributed by atoms with Gasteiger partial charge in [0.2, 0.25) is 0 Å². The number of aromatic nitrogens is 3. The largest absolute Gasteiger partial charge is 0.497 e. The van der Waals surface area contributed by atoms with Crippen molar-refractivity contribution in [2.24, 2.45) is 0 Å². The molecule has 0 radical (unpaired) electrons. The van der Waals surface area contributed by atoms with E-state index in [1.807, 2.05) is 42.5 Å². The van der Waals surface area contributed by atoms with Crippen molar-refractivity contribution in [2.75, 3.05) is 7.11 Å². The van der Waals surface area contributed by atoms with E-state index in [1.165, 1.54) is 0 Å². The van der Waals surface area contributed by atoms with Gasteiger partial charge in [-0.15, -0.1) is 0 Å². The van der Waals surface area contributed by atoms with Crippen LogP contribution in [0.5, 0.6) is 5.75 Å². The molecule has 0 aliphatic heterocycles. The Bertz CT molecular complexity index is 800. The number of methoxy groups -OCH3 is 1. The molecule has 3 rings (SSSR count). The second kappa shape index (κ2) is 5.47. The zero-order valence-corrected chi connectivity index (χ0v) is 11.4. The molecule has 102 valence electrons. The molecular weight excluding hydrogens is 264 g/mol. The number of hydrogen-bond acceptors (Lipinski definition) is 4. The minimum Gasteiger partial charge on any atom is -0.497 e. The zero-order valence-electron chi connectivity index (χ0n) is 11.4. The standard InChI is InChI=1S/C16H12N4O/c1-21-13-8-6-11(7-9-13)15-16(19-20-18-15)14-5-3-2-4-12(14)10-17/h2-9H,1H3,(H,18,19,20). The predicted octanol–water partition coefficient (Wildman–Crippen LogP) is 3.02. The quantitative estimate of drug-likeness (QED) is 0.798. The van der Waals surface area contributed by atoms with Gasteiger partial charge >= 0.3 is 0 Å². The predicted molar refractivity (Wildman–Crippen MR) is 78.5 cm³/mol. The Morgan fingerprint density at radius 2 is 1.71 bits per heavy atom. The number of aromatic amines is 1. The maximum atomic E-state index is 9.22. The van der Waals surface area contributed by atoms with E-state index in [0.717, 1.165) is 16.9 Å². The Labute approximate surface area is 121 Å². The summed E-state index contributed by atoms with van der Waals surface area (Å²) in [5.41, 5.74) is 3.62. The minimum absolute atomic E-state index is 0.571. The van der Waals surface area contributed by atoms with Gasteiger partial charge in [0.15, 0.2) is 0 Å². The van der Waals surface area contributed by atoms with Gasteiger partial charge < -0.3 is 4.74 Å². The average Bonchev–Trinajstić information content (AvgIpc) is 3.04. The van der Waals surface area contributed by atoms with Gasteiger partial charge in [0.25, 0.3) is 0 Å². The van der Waals surface area contributed by atoms with E-state index in [-0.39, 0.29) is 0 Å². The fraction of sp³-hybridized carbons (Fsp3) is 0.0625. The first kappa shape index (κ1) is 12.9. The molecule has 0 fully saturated rings. The smallest absolute Gasteiger partial charge is 0.122 e. The molecule has 3 aromatic rings. The maximum Gasteiger partial charge on any atom is 0.122 e. The number of H-pyrrole nitrogens is 1. The van der Waals surface area contributed by atoms with Gasteiger partial charge in [-0.2, -0.15) is 20.7 Å². The molecular formula is C16H12N4O. The van der Waals surface area contributed by atoms with Crippen LogP contribution in [0, 0.1) is 11.3 Å². The first-order valence-electron chi connectivity index (χ1n) is 6.38. The lowest BCUT2D eigenvalue weighted by Gasteiger charge is -2.04. The van der Waals surface area contributed by atoms with Crippen molar-refractivity contribution in [1.82, 2.24) is 15.4 Å². The summed E-state index contributed by atoms with van der Waals surface area (Å²) in [5, 5.41) is 20.3.